The van der Waals surface area contributed by atoms with Crippen LogP contribution < -0.4 is 10.6 Å². The van der Waals surface area contributed by atoms with Gasteiger partial charge in [0.05, 0.1) is 18.7 Å². The Morgan fingerprint density at radius 3 is 2.97 bits per heavy atom. The molecule has 1 atom stereocenters. The normalized spacial score (nSPS) is 22.4. The molecule has 1 amide bonds. The highest BCUT2D eigenvalue weighted by molar-refractivity contribution is 6.31. The highest BCUT2D eigenvalue weighted by atomic mass is 35.5. The Labute approximate surface area is 175 Å². The lowest BCUT2D eigenvalue weighted by atomic mass is 9.96. The van der Waals surface area contributed by atoms with Crippen molar-refractivity contribution < 1.29 is 9.53 Å². The Kier molecular flexibility index (Phi) is 5.85. The molecule has 0 saturated carbocycles. The number of hydrogen-bond donors (Lipinski definition) is 2. The second kappa shape index (κ2) is 8.53. The zero-order valence-electron chi connectivity index (χ0n) is 16.5. The monoisotopic (exact) mass is 412 g/mol. The number of aliphatic imine (C=N–C) groups is 1. The number of amides is 1. The molecular formula is C22H25ClN4O2. The highest BCUT2D eigenvalue weighted by Gasteiger charge is 2.45. The molecule has 29 heavy (non-hydrogen) atoms. The molecule has 2 aliphatic heterocycles. The van der Waals surface area contributed by atoms with Crippen molar-refractivity contribution in [2.75, 3.05) is 38.7 Å². The fourth-order valence-corrected chi connectivity index (χ4v) is 4.15. The maximum Gasteiger partial charge on any atom is 0.253 e. The van der Waals surface area contributed by atoms with Crippen molar-refractivity contribution in [2.45, 2.75) is 18.5 Å². The zero-order chi connectivity index (χ0) is 20.3. The van der Waals surface area contributed by atoms with E-state index in [4.69, 9.17) is 21.3 Å². The molecule has 6 nitrogen and oxygen atoms in total. The molecule has 152 valence electrons. The minimum absolute atomic E-state index is 0.0100. The third-order valence-corrected chi connectivity index (χ3v) is 5.77. The van der Waals surface area contributed by atoms with Gasteiger partial charge in [0, 0.05) is 43.0 Å². The van der Waals surface area contributed by atoms with E-state index in [-0.39, 0.29) is 5.91 Å². The number of rotatable bonds is 4. The molecule has 0 bridgehead atoms. The number of halogens is 1. The van der Waals surface area contributed by atoms with E-state index >= 15 is 0 Å². The van der Waals surface area contributed by atoms with Crippen molar-refractivity contribution in [1.82, 2.24) is 10.2 Å². The number of ether oxygens (including phenoxy) is 1. The Morgan fingerprint density at radius 2 is 2.14 bits per heavy atom. The van der Waals surface area contributed by atoms with Gasteiger partial charge in [0.15, 0.2) is 0 Å². The molecule has 2 aromatic carbocycles. The van der Waals surface area contributed by atoms with Crippen LogP contribution in [0.3, 0.4) is 0 Å². The van der Waals surface area contributed by atoms with Gasteiger partial charge in [-0.25, -0.2) is 0 Å². The molecule has 0 aromatic heterocycles. The molecular weight excluding hydrogens is 388 g/mol. The standard InChI is InChI=1S/C22H25ClN4O2/c1-29-12-10-24-21-22(25-14-17-5-2-3-8-19(17)26-21)9-11-27(15-22)20(28)16-6-4-7-18(23)13-16/h2-8,13,25H,9-12,14-15H2,1H3,(H,24,26). The van der Waals surface area contributed by atoms with Crippen molar-refractivity contribution in [3.63, 3.8) is 0 Å². The predicted molar refractivity (Wildman–Crippen MR) is 116 cm³/mol. The molecule has 1 unspecified atom stereocenters. The Morgan fingerprint density at radius 1 is 1.28 bits per heavy atom. The Hall–Kier alpha value is -2.41. The van der Waals surface area contributed by atoms with Crippen molar-refractivity contribution in [2.24, 2.45) is 4.99 Å². The Bertz CT molecular complexity index is 933. The van der Waals surface area contributed by atoms with Crippen LogP contribution in [-0.4, -0.2) is 55.5 Å². The summed E-state index contributed by atoms with van der Waals surface area (Å²) < 4.78 is 5.18. The van der Waals surface area contributed by atoms with Crippen molar-refractivity contribution in [1.29, 1.82) is 0 Å². The Balaban J connectivity index is 1.61. The average molecular weight is 413 g/mol. The number of hydrogen-bond acceptors (Lipinski definition) is 4. The van der Waals surface area contributed by atoms with Crippen molar-refractivity contribution >= 4 is 29.0 Å². The lowest BCUT2D eigenvalue weighted by molar-refractivity contribution is 0.0786. The fourth-order valence-electron chi connectivity index (χ4n) is 3.96. The first-order chi connectivity index (χ1) is 14.1. The van der Waals surface area contributed by atoms with Gasteiger partial charge in [0.25, 0.3) is 5.91 Å². The van der Waals surface area contributed by atoms with E-state index in [2.05, 4.69) is 22.8 Å². The van der Waals surface area contributed by atoms with E-state index < -0.39 is 5.54 Å². The molecule has 7 heteroatoms. The maximum atomic E-state index is 13.1. The van der Waals surface area contributed by atoms with Gasteiger partial charge in [-0.05, 0) is 36.2 Å². The van der Waals surface area contributed by atoms with Crippen LogP contribution >= 0.6 is 11.6 Å². The summed E-state index contributed by atoms with van der Waals surface area (Å²) in [4.78, 5) is 19.7. The van der Waals surface area contributed by atoms with Crippen LogP contribution in [0.1, 0.15) is 22.3 Å². The molecule has 2 heterocycles. The summed E-state index contributed by atoms with van der Waals surface area (Å²) in [6.07, 6.45) is 0.784. The van der Waals surface area contributed by atoms with Gasteiger partial charge < -0.3 is 15.0 Å². The maximum absolute atomic E-state index is 13.1. The van der Waals surface area contributed by atoms with Crippen LogP contribution in [0.2, 0.25) is 5.02 Å². The summed E-state index contributed by atoms with van der Waals surface area (Å²) in [7, 11) is 1.67. The van der Waals surface area contributed by atoms with Crippen LogP contribution in [0.4, 0.5) is 5.69 Å². The largest absolute Gasteiger partial charge is 0.383 e. The quantitative estimate of drug-likeness (QED) is 0.757. The lowest BCUT2D eigenvalue weighted by Crippen LogP contribution is -2.55. The number of likely N-dealkylation sites (tertiary alicyclic amines) is 1. The average Bonchev–Trinajstić information content (AvgIpc) is 3.10. The van der Waals surface area contributed by atoms with Gasteiger partial charge in [0.1, 0.15) is 5.84 Å². The van der Waals surface area contributed by atoms with Crippen LogP contribution in [0.25, 0.3) is 0 Å². The van der Waals surface area contributed by atoms with Crippen molar-refractivity contribution in [3.05, 3.63) is 64.7 Å². The molecule has 2 aromatic rings. The number of para-hydroxylation sites is 1. The summed E-state index contributed by atoms with van der Waals surface area (Å²) in [5, 5.41) is 7.78. The highest BCUT2D eigenvalue weighted by Crippen LogP contribution is 2.30. The van der Waals surface area contributed by atoms with E-state index in [0.717, 1.165) is 17.9 Å². The number of methoxy groups -OCH3 is 1. The zero-order valence-corrected chi connectivity index (χ0v) is 17.2. The summed E-state index contributed by atoms with van der Waals surface area (Å²) in [5.41, 5.74) is 2.43. The van der Waals surface area contributed by atoms with Crippen LogP contribution in [-0.2, 0) is 11.3 Å². The van der Waals surface area contributed by atoms with Gasteiger partial charge >= 0.3 is 0 Å². The molecule has 1 spiro atoms. The van der Waals surface area contributed by atoms with Crippen LogP contribution in [0.5, 0.6) is 0 Å². The van der Waals surface area contributed by atoms with E-state index in [0.29, 0.717) is 43.4 Å². The van der Waals surface area contributed by atoms with E-state index in [1.54, 1.807) is 31.4 Å². The number of anilines is 1. The first-order valence-electron chi connectivity index (χ1n) is 9.80. The second-order valence-electron chi connectivity index (χ2n) is 7.43. The number of carbonyl (C=O) groups excluding carboxylic acids is 1. The first kappa shape index (κ1) is 19.9. The molecule has 2 aliphatic rings. The third kappa shape index (κ3) is 4.15. The topological polar surface area (TPSA) is 66.0 Å². The first-order valence-corrected chi connectivity index (χ1v) is 10.2. The van der Waals surface area contributed by atoms with Gasteiger partial charge in [-0.15, -0.1) is 0 Å². The minimum atomic E-state index is -0.416. The number of amidine groups is 1. The summed E-state index contributed by atoms with van der Waals surface area (Å²) in [6, 6.07) is 15.3. The van der Waals surface area contributed by atoms with Crippen LogP contribution in [0.15, 0.2) is 53.5 Å². The molecule has 4 rings (SSSR count). The van der Waals surface area contributed by atoms with E-state index in [1.165, 1.54) is 5.56 Å². The molecule has 1 saturated heterocycles. The fraction of sp³-hybridized carbons (Fsp3) is 0.364. The summed E-state index contributed by atoms with van der Waals surface area (Å²) >= 11 is 6.08. The van der Waals surface area contributed by atoms with E-state index in [1.807, 2.05) is 17.0 Å². The van der Waals surface area contributed by atoms with Gasteiger partial charge in [-0.2, -0.15) is 0 Å². The van der Waals surface area contributed by atoms with Gasteiger partial charge in [-0.1, -0.05) is 35.9 Å². The number of nitrogens with one attached hydrogen (secondary N) is 2. The third-order valence-electron chi connectivity index (χ3n) is 5.53. The summed E-state index contributed by atoms with van der Waals surface area (Å²) in [5.74, 6) is 0.852. The smallest absolute Gasteiger partial charge is 0.253 e. The molecule has 2 N–H and O–H groups in total. The number of benzene rings is 2. The van der Waals surface area contributed by atoms with Gasteiger partial charge in [-0.3, -0.25) is 15.1 Å². The molecule has 0 aliphatic carbocycles. The number of nitrogens with zero attached hydrogens (tertiary/aromatic N) is 2. The van der Waals surface area contributed by atoms with E-state index in [9.17, 15) is 4.79 Å². The number of carbonyl (C=O) groups is 1. The number of fused-ring (bicyclic) bond motifs is 1. The van der Waals surface area contributed by atoms with Crippen molar-refractivity contribution in [3.8, 4) is 0 Å². The minimum Gasteiger partial charge on any atom is -0.383 e. The summed E-state index contributed by atoms with van der Waals surface area (Å²) in [6.45, 7) is 3.03. The molecule has 0 radical (unpaired) electrons. The van der Waals surface area contributed by atoms with Gasteiger partial charge in [0.2, 0.25) is 0 Å². The lowest BCUT2D eigenvalue weighted by Gasteiger charge is -2.30. The molecule has 1 fully saturated rings. The van der Waals surface area contributed by atoms with Crippen LogP contribution in [0, 0.1) is 0 Å². The predicted octanol–water partition coefficient (Wildman–Crippen LogP) is 3.18. The second-order valence-corrected chi connectivity index (χ2v) is 7.86. The SMILES string of the molecule is COCCN=C1Nc2ccccc2CNC12CCN(C(=O)c1cccc(Cl)c1)C2.